The Bertz CT molecular complexity index is 656. The number of carbonyl (C=O) groups excluding carboxylic acids is 1. The Morgan fingerprint density at radius 2 is 1.43 bits per heavy atom. The van der Waals surface area contributed by atoms with Crippen molar-refractivity contribution in [2.45, 2.75) is 44.0 Å². The fraction of sp³-hybridized carbons (Fsp3) is 0.500. The van der Waals surface area contributed by atoms with Crippen LogP contribution in [0.5, 0.6) is 0 Å². The Kier molecular flexibility index (Phi) is 8.46. The van der Waals surface area contributed by atoms with E-state index < -0.39 is 35.5 Å². The summed E-state index contributed by atoms with van der Waals surface area (Å²) in [6.45, 7) is 0.502. The first-order chi connectivity index (χ1) is 12.5. The molecular weight excluding hydrogens is 402 g/mol. The molecule has 28 heavy (non-hydrogen) atoms. The maximum absolute atomic E-state index is 12.3. The number of halogens is 6. The lowest BCUT2D eigenvalue weighted by Crippen LogP contribution is -2.50. The Labute approximate surface area is 155 Å². The van der Waals surface area contributed by atoms with Gasteiger partial charge in [-0.05, 0) is 19.4 Å². The van der Waals surface area contributed by atoms with Gasteiger partial charge in [-0.2, -0.15) is 26.3 Å². The summed E-state index contributed by atoms with van der Waals surface area (Å²) in [5.41, 5.74) is -6.05. The Morgan fingerprint density at radius 3 is 1.71 bits per heavy atom. The summed E-state index contributed by atoms with van der Waals surface area (Å²) < 4.78 is 80.6. The zero-order valence-electron chi connectivity index (χ0n) is 14.9. The zero-order chi connectivity index (χ0) is 22.4. The van der Waals surface area contributed by atoms with E-state index in [-0.39, 0.29) is 6.61 Å². The van der Waals surface area contributed by atoms with Crippen LogP contribution in [0, 0.1) is 0 Å². The van der Waals surface area contributed by atoms with Crippen LogP contribution < -0.4 is 0 Å². The molecule has 6 nitrogen and oxygen atoms in total. The topological polar surface area (TPSA) is 93.1 Å². The van der Waals surface area contributed by atoms with E-state index >= 15 is 0 Å². The number of carboxylic acids is 1. The molecule has 0 radical (unpaired) electrons. The normalized spacial score (nSPS) is 16.1. The molecule has 0 saturated heterocycles. The number of alkyl halides is 6. The molecule has 0 fully saturated rings. The maximum Gasteiger partial charge on any atom is 0.428 e. The van der Waals surface area contributed by atoms with Crippen LogP contribution in [0.3, 0.4) is 0 Å². The number of esters is 1. The van der Waals surface area contributed by atoms with Crippen LogP contribution in [0.25, 0.3) is 0 Å². The first kappa shape index (κ1) is 25.7. The highest BCUT2D eigenvalue weighted by Crippen LogP contribution is 2.33. The Balaban J connectivity index is 0.000000576. The largest absolute Gasteiger partial charge is 0.479 e. The molecule has 0 heterocycles. The second-order valence-corrected chi connectivity index (χ2v) is 5.67. The standard InChI is InChI=1S/C11H11F3O3.C5H7F3O3/c1-10(16,11(12,13)14)9(15)17-7-8-5-3-2-4-6-8;1-4(11-2,3(9)10)5(6,7)8/h2-6,16H,7H2,1H3;1-2H3,(H,9,10)/t10-;4-/m11/s1. The third-order valence-corrected chi connectivity index (χ3v) is 3.52. The number of carbonyl (C=O) groups is 2. The van der Waals surface area contributed by atoms with E-state index in [9.17, 15) is 35.9 Å². The molecular formula is C16H18F6O6. The molecule has 0 aromatic heterocycles. The van der Waals surface area contributed by atoms with Crippen molar-refractivity contribution in [3.8, 4) is 0 Å². The number of methoxy groups -OCH3 is 1. The number of rotatable bonds is 5. The van der Waals surface area contributed by atoms with Gasteiger partial charge in [-0.1, -0.05) is 30.3 Å². The van der Waals surface area contributed by atoms with Gasteiger partial charge >= 0.3 is 24.3 Å². The molecule has 0 unspecified atom stereocenters. The molecule has 1 aromatic carbocycles. The smallest absolute Gasteiger partial charge is 0.428 e. The fourth-order valence-electron chi connectivity index (χ4n) is 1.30. The van der Waals surface area contributed by atoms with Gasteiger partial charge < -0.3 is 19.7 Å². The number of carboxylic acid groups (broad SMARTS) is 1. The second kappa shape index (κ2) is 9.24. The summed E-state index contributed by atoms with van der Waals surface area (Å²) in [5.74, 6) is -3.76. The number of aliphatic carboxylic acids is 1. The van der Waals surface area contributed by atoms with E-state index in [1.807, 2.05) is 0 Å². The Hall–Kier alpha value is -2.34. The average molecular weight is 420 g/mol. The van der Waals surface area contributed by atoms with Crippen LogP contribution in [0.2, 0.25) is 0 Å². The lowest BCUT2D eigenvalue weighted by Gasteiger charge is -2.25. The van der Waals surface area contributed by atoms with Crippen molar-refractivity contribution in [2.24, 2.45) is 0 Å². The van der Waals surface area contributed by atoms with Gasteiger partial charge in [-0.15, -0.1) is 0 Å². The van der Waals surface area contributed by atoms with Gasteiger partial charge in [0, 0.05) is 7.11 Å². The predicted molar refractivity (Wildman–Crippen MR) is 82.0 cm³/mol. The lowest BCUT2D eigenvalue weighted by atomic mass is 10.1. The van der Waals surface area contributed by atoms with Crippen molar-refractivity contribution in [1.82, 2.24) is 0 Å². The van der Waals surface area contributed by atoms with Crippen LogP contribution >= 0.6 is 0 Å². The van der Waals surface area contributed by atoms with Gasteiger partial charge in [0.05, 0.1) is 0 Å². The second-order valence-electron chi connectivity index (χ2n) is 5.67. The maximum atomic E-state index is 12.3. The lowest BCUT2D eigenvalue weighted by molar-refractivity contribution is -0.262. The molecule has 0 amide bonds. The van der Waals surface area contributed by atoms with Crippen LogP contribution in [0.4, 0.5) is 26.3 Å². The van der Waals surface area contributed by atoms with Gasteiger partial charge in [0.2, 0.25) is 0 Å². The van der Waals surface area contributed by atoms with Crippen molar-refractivity contribution < 1.29 is 55.6 Å². The van der Waals surface area contributed by atoms with E-state index in [0.29, 0.717) is 26.5 Å². The van der Waals surface area contributed by atoms with Gasteiger partial charge in [0.1, 0.15) is 6.61 Å². The number of benzene rings is 1. The van der Waals surface area contributed by atoms with Crippen molar-refractivity contribution in [2.75, 3.05) is 7.11 Å². The monoisotopic (exact) mass is 420 g/mol. The van der Waals surface area contributed by atoms with E-state index in [1.165, 1.54) is 0 Å². The van der Waals surface area contributed by atoms with E-state index in [2.05, 4.69) is 9.47 Å². The first-order valence-electron chi connectivity index (χ1n) is 7.36. The van der Waals surface area contributed by atoms with Crippen molar-refractivity contribution in [3.63, 3.8) is 0 Å². The summed E-state index contributed by atoms with van der Waals surface area (Å²) in [7, 11) is 0.696. The van der Waals surface area contributed by atoms with Crippen LogP contribution in [-0.2, 0) is 25.7 Å². The zero-order valence-corrected chi connectivity index (χ0v) is 14.9. The molecule has 1 aromatic rings. The van der Waals surface area contributed by atoms with Crippen molar-refractivity contribution >= 4 is 11.9 Å². The van der Waals surface area contributed by atoms with Crippen molar-refractivity contribution in [1.29, 1.82) is 0 Å². The molecule has 0 aliphatic heterocycles. The van der Waals surface area contributed by atoms with Gasteiger partial charge in [0.25, 0.3) is 11.2 Å². The molecule has 2 atom stereocenters. The summed E-state index contributed by atoms with van der Waals surface area (Å²) >= 11 is 0. The Morgan fingerprint density at radius 1 is 0.964 bits per heavy atom. The van der Waals surface area contributed by atoms with Crippen LogP contribution in [0.1, 0.15) is 19.4 Å². The molecule has 0 aliphatic carbocycles. The SMILES string of the molecule is CO[C@](C)(C(=O)O)C(F)(F)F.C[C@@](O)(C(=O)OCc1ccccc1)C(F)(F)F. The fourth-order valence-corrected chi connectivity index (χ4v) is 1.30. The first-order valence-corrected chi connectivity index (χ1v) is 7.36. The van der Waals surface area contributed by atoms with Gasteiger partial charge in [-0.3, -0.25) is 0 Å². The summed E-state index contributed by atoms with van der Waals surface area (Å²) in [6, 6.07) is 8.22. The number of hydrogen-bond donors (Lipinski definition) is 2. The third kappa shape index (κ3) is 6.37. The highest BCUT2D eigenvalue weighted by Gasteiger charge is 2.58. The average Bonchev–Trinajstić information content (AvgIpc) is 2.58. The molecule has 1 rings (SSSR count). The van der Waals surface area contributed by atoms with E-state index in [0.717, 1.165) is 0 Å². The molecule has 0 saturated carbocycles. The van der Waals surface area contributed by atoms with E-state index in [4.69, 9.17) is 10.2 Å². The highest BCUT2D eigenvalue weighted by molar-refractivity contribution is 5.79. The van der Waals surface area contributed by atoms with Crippen LogP contribution in [-0.4, -0.2) is 52.8 Å². The summed E-state index contributed by atoms with van der Waals surface area (Å²) in [5, 5.41) is 17.1. The minimum atomic E-state index is -5.05. The van der Waals surface area contributed by atoms with Gasteiger partial charge in [-0.25, -0.2) is 9.59 Å². The van der Waals surface area contributed by atoms with E-state index in [1.54, 1.807) is 30.3 Å². The molecule has 0 spiro atoms. The summed E-state index contributed by atoms with van der Waals surface area (Å²) in [4.78, 5) is 21.1. The number of ether oxygens (including phenoxy) is 2. The molecule has 160 valence electrons. The molecule has 12 heteroatoms. The third-order valence-electron chi connectivity index (χ3n) is 3.52. The minimum Gasteiger partial charge on any atom is -0.479 e. The molecule has 0 aliphatic rings. The molecule has 2 N–H and O–H groups in total. The molecule has 0 bridgehead atoms. The number of hydrogen-bond acceptors (Lipinski definition) is 5. The van der Waals surface area contributed by atoms with Crippen molar-refractivity contribution in [3.05, 3.63) is 35.9 Å². The predicted octanol–water partition coefficient (Wildman–Crippen LogP) is 3.08. The quantitative estimate of drug-likeness (QED) is 0.562. The van der Waals surface area contributed by atoms with Crippen LogP contribution in [0.15, 0.2) is 30.3 Å². The highest BCUT2D eigenvalue weighted by atomic mass is 19.4. The van der Waals surface area contributed by atoms with Gasteiger partial charge in [0.15, 0.2) is 0 Å². The minimum absolute atomic E-state index is 0.314. The number of aliphatic hydroxyl groups is 1. The summed E-state index contributed by atoms with van der Waals surface area (Å²) in [6.07, 6.45) is -9.95.